The zero-order valence-corrected chi connectivity index (χ0v) is 11.4. The molecular weight excluding hydrogens is 226 g/mol. The van der Waals surface area contributed by atoms with E-state index in [0.29, 0.717) is 11.9 Å². The van der Waals surface area contributed by atoms with Crippen LogP contribution in [-0.2, 0) is 0 Å². The second-order valence-electron chi connectivity index (χ2n) is 4.80. The third-order valence-electron chi connectivity index (χ3n) is 3.40. The summed E-state index contributed by atoms with van der Waals surface area (Å²) in [6.45, 7) is 5.52. The molecule has 1 N–H and O–H groups in total. The van der Waals surface area contributed by atoms with E-state index in [1.54, 1.807) is 7.11 Å². The minimum absolute atomic E-state index is 0.609. The lowest BCUT2D eigenvalue weighted by atomic mass is 10.0. The molecular formula is C14H23N3O. The molecule has 1 saturated heterocycles. The average molecular weight is 249 g/mol. The zero-order chi connectivity index (χ0) is 12.8. The van der Waals surface area contributed by atoms with Crippen molar-refractivity contribution in [2.24, 2.45) is 0 Å². The first-order valence-corrected chi connectivity index (χ1v) is 6.82. The molecule has 0 aliphatic carbocycles. The number of hydrogen-bond donors (Lipinski definition) is 1. The summed E-state index contributed by atoms with van der Waals surface area (Å²) in [6, 6.07) is 4.69. The van der Waals surface area contributed by atoms with E-state index in [1.807, 2.05) is 12.3 Å². The molecule has 2 rings (SSSR count). The van der Waals surface area contributed by atoms with Gasteiger partial charge in [-0.1, -0.05) is 6.92 Å². The topological polar surface area (TPSA) is 37.4 Å². The molecule has 0 aromatic carbocycles. The molecule has 1 aromatic rings. The van der Waals surface area contributed by atoms with Crippen LogP contribution in [0.3, 0.4) is 0 Å². The normalized spacial score (nSPS) is 19.9. The number of ether oxygens (including phenoxy) is 1. The second-order valence-corrected chi connectivity index (χ2v) is 4.80. The fraction of sp³-hybridized carbons (Fsp3) is 0.643. The van der Waals surface area contributed by atoms with Crippen molar-refractivity contribution in [2.75, 3.05) is 31.6 Å². The summed E-state index contributed by atoms with van der Waals surface area (Å²) in [7, 11) is 1.66. The Morgan fingerprint density at radius 2 is 2.44 bits per heavy atom. The second kappa shape index (κ2) is 6.59. The summed E-state index contributed by atoms with van der Waals surface area (Å²) >= 11 is 0. The van der Waals surface area contributed by atoms with E-state index in [2.05, 4.69) is 28.2 Å². The maximum absolute atomic E-state index is 5.18. The van der Waals surface area contributed by atoms with E-state index in [1.165, 1.54) is 24.9 Å². The molecule has 2 heterocycles. The van der Waals surface area contributed by atoms with E-state index in [-0.39, 0.29) is 0 Å². The van der Waals surface area contributed by atoms with Gasteiger partial charge in [-0.3, -0.25) is 0 Å². The Labute approximate surface area is 109 Å². The van der Waals surface area contributed by atoms with E-state index < -0.39 is 0 Å². The molecule has 100 valence electrons. The lowest BCUT2D eigenvalue weighted by Gasteiger charge is -2.35. The van der Waals surface area contributed by atoms with Gasteiger partial charge in [0.1, 0.15) is 0 Å². The predicted octanol–water partition coefficient (Wildman–Crippen LogP) is 2.06. The van der Waals surface area contributed by atoms with Gasteiger partial charge in [-0.15, -0.1) is 0 Å². The van der Waals surface area contributed by atoms with Crippen molar-refractivity contribution in [3.63, 3.8) is 0 Å². The summed E-state index contributed by atoms with van der Waals surface area (Å²) in [5.41, 5.74) is 1.21. The molecule has 1 atom stereocenters. The fourth-order valence-corrected chi connectivity index (χ4v) is 2.43. The van der Waals surface area contributed by atoms with Crippen molar-refractivity contribution in [1.82, 2.24) is 10.3 Å². The maximum atomic E-state index is 5.18. The van der Waals surface area contributed by atoms with Gasteiger partial charge in [0.2, 0.25) is 5.88 Å². The number of anilines is 1. The van der Waals surface area contributed by atoms with Crippen LogP contribution in [0, 0.1) is 0 Å². The molecule has 1 aliphatic heterocycles. The van der Waals surface area contributed by atoms with Crippen LogP contribution in [0.25, 0.3) is 0 Å². The van der Waals surface area contributed by atoms with E-state index >= 15 is 0 Å². The van der Waals surface area contributed by atoms with Gasteiger partial charge in [-0.05, 0) is 31.9 Å². The van der Waals surface area contributed by atoms with Crippen molar-refractivity contribution < 1.29 is 4.74 Å². The minimum atomic E-state index is 0.609. The highest BCUT2D eigenvalue weighted by Gasteiger charge is 2.19. The molecule has 0 amide bonds. The largest absolute Gasteiger partial charge is 0.481 e. The van der Waals surface area contributed by atoms with Crippen molar-refractivity contribution in [3.8, 4) is 5.88 Å². The highest BCUT2D eigenvalue weighted by atomic mass is 16.5. The third kappa shape index (κ3) is 3.35. The standard InChI is InChI=1S/C14H23N3O/c1-3-7-15-12-5-4-9-17(11-12)13-6-8-16-14(10-13)18-2/h6,8,10,12,15H,3-5,7,9,11H2,1-2H3. The first-order valence-electron chi connectivity index (χ1n) is 6.82. The molecule has 0 bridgehead atoms. The fourth-order valence-electron chi connectivity index (χ4n) is 2.43. The van der Waals surface area contributed by atoms with Gasteiger partial charge < -0.3 is 15.0 Å². The lowest BCUT2D eigenvalue weighted by Crippen LogP contribution is -2.46. The van der Waals surface area contributed by atoms with E-state index in [0.717, 1.165) is 19.6 Å². The molecule has 4 nitrogen and oxygen atoms in total. The number of rotatable bonds is 5. The minimum Gasteiger partial charge on any atom is -0.481 e. The van der Waals surface area contributed by atoms with Crippen LogP contribution < -0.4 is 15.0 Å². The maximum Gasteiger partial charge on any atom is 0.214 e. The number of aromatic nitrogens is 1. The van der Waals surface area contributed by atoms with Crippen LogP contribution in [0.1, 0.15) is 26.2 Å². The van der Waals surface area contributed by atoms with Crippen molar-refractivity contribution in [3.05, 3.63) is 18.3 Å². The SMILES string of the molecule is CCCNC1CCCN(c2ccnc(OC)c2)C1. The van der Waals surface area contributed by atoms with Crippen molar-refractivity contribution in [1.29, 1.82) is 0 Å². The lowest BCUT2D eigenvalue weighted by molar-refractivity contribution is 0.396. The van der Waals surface area contributed by atoms with Gasteiger partial charge in [0, 0.05) is 37.1 Å². The molecule has 1 aromatic heterocycles. The average Bonchev–Trinajstić information content (AvgIpc) is 2.45. The molecule has 1 unspecified atom stereocenters. The van der Waals surface area contributed by atoms with Gasteiger partial charge in [0.25, 0.3) is 0 Å². The van der Waals surface area contributed by atoms with E-state index in [4.69, 9.17) is 4.74 Å². The van der Waals surface area contributed by atoms with Crippen LogP contribution in [0.5, 0.6) is 5.88 Å². The number of piperidine rings is 1. The Balaban J connectivity index is 1.98. The van der Waals surface area contributed by atoms with Crippen molar-refractivity contribution >= 4 is 5.69 Å². The molecule has 0 saturated carbocycles. The monoisotopic (exact) mass is 249 g/mol. The van der Waals surface area contributed by atoms with Crippen LogP contribution in [-0.4, -0.2) is 37.8 Å². The van der Waals surface area contributed by atoms with Crippen LogP contribution >= 0.6 is 0 Å². The zero-order valence-electron chi connectivity index (χ0n) is 11.4. The molecule has 1 aliphatic rings. The highest BCUT2D eigenvalue weighted by Crippen LogP contribution is 2.22. The molecule has 18 heavy (non-hydrogen) atoms. The van der Waals surface area contributed by atoms with Gasteiger partial charge in [0.15, 0.2) is 0 Å². The number of hydrogen-bond acceptors (Lipinski definition) is 4. The van der Waals surface area contributed by atoms with Crippen LogP contribution in [0.4, 0.5) is 5.69 Å². The number of pyridine rings is 1. The summed E-state index contributed by atoms with van der Waals surface area (Å²) in [6.07, 6.45) is 5.53. The Bertz CT molecular complexity index is 370. The highest BCUT2D eigenvalue weighted by molar-refractivity contribution is 5.48. The number of methoxy groups -OCH3 is 1. The predicted molar refractivity (Wildman–Crippen MR) is 74.3 cm³/mol. The van der Waals surface area contributed by atoms with Crippen LogP contribution in [0.15, 0.2) is 18.3 Å². The van der Waals surface area contributed by atoms with Gasteiger partial charge in [-0.2, -0.15) is 0 Å². The first-order chi connectivity index (χ1) is 8.83. The van der Waals surface area contributed by atoms with Gasteiger partial charge in [-0.25, -0.2) is 4.98 Å². The molecule has 1 fully saturated rings. The summed E-state index contributed by atoms with van der Waals surface area (Å²) in [5.74, 6) is 0.691. The molecule has 0 spiro atoms. The molecule has 4 heteroatoms. The Morgan fingerprint density at radius 3 is 3.22 bits per heavy atom. The molecule has 0 radical (unpaired) electrons. The van der Waals surface area contributed by atoms with Crippen molar-refractivity contribution in [2.45, 2.75) is 32.2 Å². The third-order valence-corrected chi connectivity index (χ3v) is 3.40. The quantitative estimate of drug-likeness (QED) is 0.866. The van der Waals surface area contributed by atoms with Gasteiger partial charge >= 0.3 is 0 Å². The van der Waals surface area contributed by atoms with E-state index in [9.17, 15) is 0 Å². The summed E-state index contributed by atoms with van der Waals surface area (Å²) in [4.78, 5) is 6.57. The van der Waals surface area contributed by atoms with Gasteiger partial charge in [0.05, 0.1) is 7.11 Å². The smallest absolute Gasteiger partial charge is 0.214 e. The summed E-state index contributed by atoms with van der Waals surface area (Å²) in [5, 5.41) is 3.61. The number of nitrogens with one attached hydrogen (secondary N) is 1. The Hall–Kier alpha value is -1.29. The first kappa shape index (κ1) is 13.1. The van der Waals surface area contributed by atoms with Crippen LogP contribution in [0.2, 0.25) is 0 Å². The Morgan fingerprint density at radius 1 is 1.56 bits per heavy atom. The number of nitrogens with zero attached hydrogens (tertiary/aromatic N) is 2. The summed E-state index contributed by atoms with van der Waals surface area (Å²) < 4.78 is 5.18. The Kier molecular flexibility index (Phi) is 4.81.